The standard InChI is InChI=1S/C13H14ClNO2/c14-7-1-2-8-17-11-5-3-10-4-6-13(16)15-12(10)9-11/h1-3,5,9H,4,6-8H2,(H,15,16). The van der Waals surface area contributed by atoms with E-state index in [1.54, 1.807) is 0 Å². The minimum absolute atomic E-state index is 0.0664. The van der Waals surface area contributed by atoms with E-state index in [9.17, 15) is 4.79 Å². The summed E-state index contributed by atoms with van der Waals surface area (Å²) in [6.07, 6.45) is 5.06. The van der Waals surface area contributed by atoms with Gasteiger partial charge in [-0.1, -0.05) is 18.2 Å². The Bertz CT molecular complexity index is 443. The lowest BCUT2D eigenvalue weighted by Gasteiger charge is -2.17. The lowest BCUT2D eigenvalue weighted by atomic mass is 10.0. The van der Waals surface area contributed by atoms with Crippen LogP contribution < -0.4 is 10.1 Å². The summed E-state index contributed by atoms with van der Waals surface area (Å²) in [4.78, 5) is 11.3. The van der Waals surface area contributed by atoms with Crippen molar-refractivity contribution in [1.29, 1.82) is 0 Å². The molecule has 3 nitrogen and oxygen atoms in total. The zero-order valence-electron chi connectivity index (χ0n) is 9.41. The first-order valence-electron chi connectivity index (χ1n) is 5.56. The molecule has 1 aromatic carbocycles. The van der Waals surface area contributed by atoms with Crippen LogP contribution in [0, 0.1) is 0 Å². The summed E-state index contributed by atoms with van der Waals surface area (Å²) >= 11 is 5.50. The van der Waals surface area contributed by atoms with Crippen molar-refractivity contribution in [2.75, 3.05) is 17.8 Å². The van der Waals surface area contributed by atoms with E-state index in [0.717, 1.165) is 23.4 Å². The maximum Gasteiger partial charge on any atom is 0.224 e. The van der Waals surface area contributed by atoms with E-state index in [1.165, 1.54) is 0 Å². The van der Waals surface area contributed by atoms with Crippen LogP contribution in [0.2, 0.25) is 0 Å². The van der Waals surface area contributed by atoms with E-state index in [2.05, 4.69) is 5.32 Å². The number of rotatable bonds is 4. The third kappa shape index (κ3) is 3.24. The number of halogens is 1. The van der Waals surface area contributed by atoms with Gasteiger partial charge in [-0.05, 0) is 18.1 Å². The molecule has 0 fully saturated rings. The Balaban J connectivity index is 2.02. The normalized spacial score (nSPS) is 14.5. The Morgan fingerprint density at radius 1 is 1.35 bits per heavy atom. The van der Waals surface area contributed by atoms with Gasteiger partial charge in [0, 0.05) is 24.1 Å². The van der Waals surface area contributed by atoms with Gasteiger partial charge in [-0.25, -0.2) is 0 Å². The summed E-state index contributed by atoms with van der Waals surface area (Å²) in [6, 6.07) is 5.78. The van der Waals surface area contributed by atoms with Crippen LogP contribution in [0.1, 0.15) is 12.0 Å². The molecular formula is C13H14ClNO2. The number of allylic oxidation sites excluding steroid dienone is 1. The number of benzene rings is 1. The summed E-state index contributed by atoms with van der Waals surface area (Å²) in [7, 11) is 0. The number of alkyl halides is 1. The second kappa shape index (κ2) is 5.73. The van der Waals surface area contributed by atoms with Gasteiger partial charge in [0.25, 0.3) is 0 Å². The van der Waals surface area contributed by atoms with Crippen LogP contribution in [-0.4, -0.2) is 18.4 Å². The number of carbonyl (C=O) groups excluding carboxylic acids is 1. The summed E-state index contributed by atoms with van der Waals surface area (Å²) in [5, 5.41) is 2.84. The first-order valence-corrected chi connectivity index (χ1v) is 6.09. The number of carbonyl (C=O) groups is 1. The van der Waals surface area contributed by atoms with Crippen LogP contribution in [0.25, 0.3) is 0 Å². The number of anilines is 1. The highest BCUT2D eigenvalue weighted by Crippen LogP contribution is 2.26. The van der Waals surface area contributed by atoms with Crippen LogP contribution in [0.5, 0.6) is 5.75 Å². The van der Waals surface area contributed by atoms with Crippen molar-refractivity contribution in [3.63, 3.8) is 0 Å². The van der Waals surface area contributed by atoms with Crippen molar-refractivity contribution < 1.29 is 9.53 Å². The third-order valence-corrected chi connectivity index (χ3v) is 2.76. The van der Waals surface area contributed by atoms with E-state index in [0.29, 0.717) is 18.9 Å². The number of hydrogen-bond donors (Lipinski definition) is 1. The van der Waals surface area contributed by atoms with Gasteiger partial charge in [0.05, 0.1) is 0 Å². The zero-order valence-corrected chi connectivity index (χ0v) is 10.2. The largest absolute Gasteiger partial charge is 0.489 e. The van der Waals surface area contributed by atoms with Crippen molar-refractivity contribution in [1.82, 2.24) is 0 Å². The highest BCUT2D eigenvalue weighted by atomic mass is 35.5. The highest BCUT2D eigenvalue weighted by molar-refractivity contribution is 6.18. The zero-order chi connectivity index (χ0) is 12.1. The van der Waals surface area contributed by atoms with Gasteiger partial charge in [-0.2, -0.15) is 0 Å². The maximum atomic E-state index is 11.3. The molecule has 17 heavy (non-hydrogen) atoms. The lowest BCUT2D eigenvalue weighted by molar-refractivity contribution is -0.116. The van der Waals surface area contributed by atoms with Gasteiger partial charge in [-0.3, -0.25) is 4.79 Å². The molecule has 0 atom stereocenters. The summed E-state index contributed by atoms with van der Waals surface area (Å²) < 4.78 is 5.51. The molecule has 1 aliphatic rings. The first kappa shape index (κ1) is 12.0. The molecule has 0 saturated carbocycles. The fraction of sp³-hybridized carbons (Fsp3) is 0.308. The topological polar surface area (TPSA) is 38.3 Å². The maximum absolute atomic E-state index is 11.3. The fourth-order valence-electron chi connectivity index (χ4n) is 1.72. The minimum Gasteiger partial charge on any atom is -0.489 e. The predicted molar refractivity (Wildman–Crippen MR) is 68.7 cm³/mol. The molecule has 0 spiro atoms. The monoisotopic (exact) mass is 251 g/mol. The molecule has 0 aliphatic carbocycles. The smallest absolute Gasteiger partial charge is 0.224 e. The number of hydrogen-bond acceptors (Lipinski definition) is 2. The number of fused-ring (bicyclic) bond motifs is 1. The Labute approximate surface area is 105 Å². The second-order valence-electron chi connectivity index (χ2n) is 3.80. The van der Waals surface area contributed by atoms with Crippen LogP contribution in [0.4, 0.5) is 5.69 Å². The van der Waals surface area contributed by atoms with Crippen molar-refractivity contribution in [2.45, 2.75) is 12.8 Å². The van der Waals surface area contributed by atoms with Crippen molar-refractivity contribution in [2.24, 2.45) is 0 Å². The van der Waals surface area contributed by atoms with E-state index in [1.807, 2.05) is 30.4 Å². The Morgan fingerprint density at radius 3 is 3.06 bits per heavy atom. The van der Waals surface area contributed by atoms with Crippen LogP contribution >= 0.6 is 11.6 Å². The molecule has 0 radical (unpaired) electrons. The lowest BCUT2D eigenvalue weighted by Crippen LogP contribution is -2.18. The Hall–Kier alpha value is -1.48. The molecular weight excluding hydrogens is 238 g/mol. The molecule has 4 heteroatoms. The van der Waals surface area contributed by atoms with Crippen LogP contribution in [-0.2, 0) is 11.2 Å². The molecule has 1 N–H and O–H groups in total. The van der Waals surface area contributed by atoms with Gasteiger partial charge >= 0.3 is 0 Å². The quantitative estimate of drug-likeness (QED) is 0.660. The van der Waals surface area contributed by atoms with Crippen LogP contribution in [0.3, 0.4) is 0 Å². The predicted octanol–water partition coefficient (Wildman–Crippen LogP) is 2.75. The van der Waals surface area contributed by atoms with Gasteiger partial charge in [0.1, 0.15) is 12.4 Å². The summed E-state index contributed by atoms with van der Waals surface area (Å²) in [5.41, 5.74) is 2.02. The molecule has 0 bridgehead atoms. The SMILES string of the molecule is O=C1CCc2ccc(OCC=CCCl)cc2N1. The fourth-order valence-corrected chi connectivity index (χ4v) is 1.84. The Kier molecular flexibility index (Phi) is 4.04. The third-order valence-electron chi connectivity index (χ3n) is 2.58. The van der Waals surface area contributed by atoms with E-state index in [-0.39, 0.29) is 5.91 Å². The molecule has 1 aliphatic heterocycles. The van der Waals surface area contributed by atoms with E-state index < -0.39 is 0 Å². The second-order valence-corrected chi connectivity index (χ2v) is 4.11. The molecule has 1 heterocycles. The Morgan fingerprint density at radius 2 is 2.24 bits per heavy atom. The average Bonchev–Trinajstić information content (AvgIpc) is 2.34. The number of nitrogens with one attached hydrogen (secondary N) is 1. The van der Waals surface area contributed by atoms with E-state index >= 15 is 0 Å². The molecule has 0 unspecified atom stereocenters. The van der Waals surface area contributed by atoms with Crippen molar-refractivity contribution in [3.05, 3.63) is 35.9 Å². The number of amides is 1. The number of ether oxygens (including phenoxy) is 1. The summed E-state index contributed by atoms with van der Waals surface area (Å²) in [5.74, 6) is 1.31. The van der Waals surface area contributed by atoms with Gasteiger partial charge in [-0.15, -0.1) is 11.6 Å². The van der Waals surface area contributed by atoms with Crippen LogP contribution in [0.15, 0.2) is 30.4 Å². The molecule has 1 amide bonds. The average molecular weight is 252 g/mol. The molecule has 2 rings (SSSR count). The molecule has 90 valence electrons. The molecule has 0 saturated heterocycles. The highest BCUT2D eigenvalue weighted by Gasteiger charge is 2.14. The van der Waals surface area contributed by atoms with Gasteiger partial charge < -0.3 is 10.1 Å². The number of aryl methyl sites for hydroxylation is 1. The van der Waals surface area contributed by atoms with Gasteiger partial charge in [0.15, 0.2) is 0 Å². The first-order chi connectivity index (χ1) is 8.29. The molecule has 1 aromatic rings. The molecule has 0 aromatic heterocycles. The minimum atomic E-state index is 0.0664. The van der Waals surface area contributed by atoms with Crippen molar-refractivity contribution in [3.8, 4) is 5.75 Å². The summed E-state index contributed by atoms with van der Waals surface area (Å²) in [6.45, 7) is 0.486. The van der Waals surface area contributed by atoms with Gasteiger partial charge in [0.2, 0.25) is 5.91 Å². The van der Waals surface area contributed by atoms with E-state index in [4.69, 9.17) is 16.3 Å². The van der Waals surface area contributed by atoms with Crippen molar-refractivity contribution >= 4 is 23.2 Å².